The fourth-order valence-electron chi connectivity index (χ4n) is 1.01. The number of carbonyl (C=O) groups excluding carboxylic acids is 2. The first-order chi connectivity index (χ1) is 7.83. The zero-order valence-electron chi connectivity index (χ0n) is 8.31. The summed E-state index contributed by atoms with van der Waals surface area (Å²) >= 11 is 0. The number of carbonyl (C=O) groups is 2. The lowest BCUT2D eigenvalue weighted by Crippen LogP contribution is -2.35. The molecule has 0 heterocycles. The Morgan fingerprint density at radius 3 is 1.06 bits per heavy atom. The summed E-state index contributed by atoms with van der Waals surface area (Å²) in [5, 5.41) is 20.6. The standard InChI is InChI=1S/C8H6F6O4/c9-7(10,11)1-3(5(15)16)4(6(17)18)2-8(12,13)14/h1-2H2,(H,15,16)(H,17,18)/p-2/b4-3+. The van der Waals surface area contributed by atoms with Crippen molar-refractivity contribution in [2.75, 3.05) is 0 Å². The number of hydrogen-bond donors (Lipinski definition) is 0. The van der Waals surface area contributed by atoms with Gasteiger partial charge in [-0.25, -0.2) is 0 Å². The summed E-state index contributed by atoms with van der Waals surface area (Å²) in [5.41, 5.74) is -4.00. The van der Waals surface area contributed by atoms with Crippen molar-refractivity contribution in [3.63, 3.8) is 0 Å². The molecule has 0 rings (SSSR count). The number of hydrogen-bond acceptors (Lipinski definition) is 4. The molecule has 0 saturated heterocycles. The van der Waals surface area contributed by atoms with Crippen molar-refractivity contribution in [1.82, 2.24) is 0 Å². The van der Waals surface area contributed by atoms with Crippen molar-refractivity contribution in [3.8, 4) is 0 Å². The van der Waals surface area contributed by atoms with Gasteiger partial charge in [0.2, 0.25) is 0 Å². The maximum absolute atomic E-state index is 11.9. The van der Waals surface area contributed by atoms with Gasteiger partial charge in [-0.15, -0.1) is 0 Å². The highest BCUT2D eigenvalue weighted by Gasteiger charge is 2.35. The molecule has 0 aliphatic heterocycles. The molecule has 0 radical (unpaired) electrons. The van der Waals surface area contributed by atoms with Crippen LogP contribution in [-0.2, 0) is 9.59 Å². The van der Waals surface area contributed by atoms with Crippen LogP contribution >= 0.6 is 0 Å². The predicted octanol–water partition coefficient (Wildman–Crippen LogP) is -0.312. The Morgan fingerprint density at radius 1 is 0.722 bits per heavy atom. The molecule has 0 aromatic heterocycles. The third kappa shape index (κ3) is 6.11. The van der Waals surface area contributed by atoms with Crippen molar-refractivity contribution in [1.29, 1.82) is 0 Å². The monoisotopic (exact) mass is 278 g/mol. The molecule has 0 N–H and O–H groups in total. The first kappa shape index (κ1) is 16.3. The van der Waals surface area contributed by atoms with Gasteiger partial charge in [-0.05, 0) is 11.1 Å². The molecule has 0 aromatic carbocycles. The lowest BCUT2D eigenvalue weighted by Gasteiger charge is -2.19. The average Bonchev–Trinajstić information content (AvgIpc) is 2.06. The Kier molecular flexibility index (Phi) is 4.76. The molecule has 0 amide bonds. The van der Waals surface area contributed by atoms with Crippen molar-refractivity contribution in [2.45, 2.75) is 25.2 Å². The third-order valence-corrected chi connectivity index (χ3v) is 1.61. The number of aliphatic carboxylic acids is 2. The second kappa shape index (κ2) is 5.27. The van der Waals surface area contributed by atoms with Crippen molar-refractivity contribution >= 4 is 11.9 Å². The molecule has 0 aromatic rings. The van der Waals surface area contributed by atoms with Crippen LogP contribution in [0.25, 0.3) is 0 Å². The minimum Gasteiger partial charge on any atom is -0.545 e. The molecule has 0 spiro atoms. The van der Waals surface area contributed by atoms with Crippen LogP contribution in [0.15, 0.2) is 11.1 Å². The van der Waals surface area contributed by atoms with E-state index in [1.165, 1.54) is 0 Å². The van der Waals surface area contributed by atoms with Crippen molar-refractivity contribution < 1.29 is 46.1 Å². The molecule has 0 atom stereocenters. The van der Waals surface area contributed by atoms with Crippen LogP contribution in [0.2, 0.25) is 0 Å². The van der Waals surface area contributed by atoms with Gasteiger partial charge in [-0.2, -0.15) is 26.3 Å². The lowest BCUT2D eigenvalue weighted by atomic mass is 10.0. The molecule has 0 saturated carbocycles. The van der Waals surface area contributed by atoms with Gasteiger partial charge in [0.05, 0.1) is 24.8 Å². The van der Waals surface area contributed by atoms with E-state index in [1.54, 1.807) is 0 Å². The van der Waals surface area contributed by atoms with E-state index < -0.39 is 48.3 Å². The van der Waals surface area contributed by atoms with Gasteiger partial charge in [-0.1, -0.05) is 0 Å². The van der Waals surface area contributed by atoms with E-state index in [1.807, 2.05) is 0 Å². The normalized spacial score (nSPS) is 14.1. The number of carboxylic acid groups (broad SMARTS) is 2. The summed E-state index contributed by atoms with van der Waals surface area (Å²) < 4.78 is 71.4. The summed E-state index contributed by atoms with van der Waals surface area (Å²) in [5.74, 6) is -5.29. The number of halogens is 6. The smallest absolute Gasteiger partial charge is 0.393 e. The third-order valence-electron chi connectivity index (χ3n) is 1.61. The topological polar surface area (TPSA) is 80.3 Å². The highest BCUT2D eigenvalue weighted by molar-refractivity contribution is 5.97. The van der Waals surface area contributed by atoms with Gasteiger partial charge >= 0.3 is 12.4 Å². The first-order valence-corrected chi connectivity index (χ1v) is 4.11. The maximum atomic E-state index is 11.9. The van der Waals surface area contributed by atoms with Crippen LogP contribution in [0.5, 0.6) is 0 Å². The Labute approximate surface area is 95.5 Å². The van der Waals surface area contributed by atoms with E-state index in [0.29, 0.717) is 0 Å². The Morgan fingerprint density at radius 2 is 0.944 bits per heavy atom. The van der Waals surface area contributed by atoms with Gasteiger partial charge in [0.1, 0.15) is 0 Å². The fourth-order valence-corrected chi connectivity index (χ4v) is 1.01. The number of alkyl halides is 6. The van der Waals surface area contributed by atoms with Crippen LogP contribution < -0.4 is 10.2 Å². The molecule has 0 aliphatic rings. The minimum atomic E-state index is -5.19. The molecule has 0 unspecified atom stereocenters. The quantitative estimate of drug-likeness (QED) is 0.521. The average molecular weight is 278 g/mol. The lowest BCUT2D eigenvalue weighted by molar-refractivity contribution is -0.305. The molecule has 0 fully saturated rings. The van der Waals surface area contributed by atoms with Crippen molar-refractivity contribution in [2.24, 2.45) is 0 Å². The summed E-state index contributed by atoms with van der Waals surface area (Å²) in [4.78, 5) is 20.6. The molecule has 4 nitrogen and oxygen atoms in total. The predicted molar refractivity (Wildman–Crippen MR) is 38.4 cm³/mol. The van der Waals surface area contributed by atoms with Crippen LogP contribution in [0.1, 0.15) is 12.8 Å². The summed E-state index contributed by atoms with van der Waals surface area (Å²) in [6.45, 7) is 0. The second-order valence-electron chi connectivity index (χ2n) is 3.12. The highest BCUT2D eigenvalue weighted by Crippen LogP contribution is 2.31. The number of carboxylic acids is 2. The summed E-state index contributed by atoms with van der Waals surface area (Å²) in [7, 11) is 0. The Hall–Kier alpha value is -1.74. The SMILES string of the molecule is O=C([O-])/C(CC(F)(F)F)=C(\CC(F)(F)F)C(=O)[O-]. The minimum absolute atomic E-state index is 2.00. The van der Waals surface area contributed by atoms with E-state index in [2.05, 4.69) is 0 Å². The molecule has 0 bridgehead atoms. The van der Waals surface area contributed by atoms with Gasteiger partial charge in [0.15, 0.2) is 0 Å². The summed E-state index contributed by atoms with van der Waals surface area (Å²) in [6, 6.07) is 0. The number of rotatable bonds is 4. The molecular formula is C8H4F6O4-2. The maximum Gasteiger partial charge on any atom is 0.393 e. The largest absolute Gasteiger partial charge is 0.545 e. The highest BCUT2D eigenvalue weighted by atomic mass is 19.4. The van der Waals surface area contributed by atoms with E-state index in [0.717, 1.165) is 0 Å². The molecule has 0 aliphatic carbocycles. The van der Waals surface area contributed by atoms with Crippen LogP contribution in [0, 0.1) is 0 Å². The van der Waals surface area contributed by atoms with Crippen LogP contribution in [-0.4, -0.2) is 24.3 Å². The van der Waals surface area contributed by atoms with Gasteiger partial charge in [0.25, 0.3) is 0 Å². The van der Waals surface area contributed by atoms with Crippen LogP contribution in [0.4, 0.5) is 26.3 Å². The van der Waals surface area contributed by atoms with E-state index in [4.69, 9.17) is 0 Å². The Bertz CT molecular complexity index is 342. The van der Waals surface area contributed by atoms with E-state index in [9.17, 15) is 46.1 Å². The zero-order valence-corrected chi connectivity index (χ0v) is 8.31. The zero-order chi connectivity index (χ0) is 14.7. The van der Waals surface area contributed by atoms with Crippen molar-refractivity contribution in [3.05, 3.63) is 11.1 Å². The molecular weight excluding hydrogens is 274 g/mol. The van der Waals surface area contributed by atoms with Gasteiger partial charge in [0, 0.05) is 0 Å². The molecule has 104 valence electrons. The first-order valence-electron chi connectivity index (χ1n) is 4.11. The Balaban J connectivity index is 5.60. The van der Waals surface area contributed by atoms with E-state index >= 15 is 0 Å². The molecule has 10 heteroatoms. The molecule has 18 heavy (non-hydrogen) atoms. The van der Waals surface area contributed by atoms with Gasteiger partial charge in [-0.3, -0.25) is 0 Å². The van der Waals surface area contributed by atoms with Gasteiger partial charge < -0.3 is 19.8 Å². The fraction of sp³-hybridized carbons (Fsp3) is 0.500. The van der Waals surface area contributed by atoms with Crippen LogP contribution in [0.3, 0.4) is 0 Å². The van der Waals surface area contributed by atoms with E-state index in [-0.39, 0.29) is 0 Å². The second-order valence-corrected chi connectivity index (χ2v) is 3.12. The summed E-state index contributed by atoms with van der Waals surface area (Å²) in [6.07, 6.45) is -15.1.